The Morgan fingerprint density at radius 2 is 1.96 bits per heavy atom. The van der Waals surface area contributed by atoms with Crippen molar-refractivity contribution in [3.8, 4) is 5.75 Å². The molecule has 0 unspecified atom stereocenters. The Morgan fingerprint density at radius 3 is 2.60 bits per heavy atom. The Labute approximate surface area is 151 Å². The Kier molecular flexibility index (Phi) is 4.99. The third kappa shape index (κ3) is 4.31. The summed E-state index contributed by atoms with van der Waals surface area (Å²) in [6, 6.07) is 10.9. The zero-order valence-electron chi connectivity index (χ0n) is 13.5. The van der Waals surface area contributed by atoms with Crippen molar-refractivity contribution in [2.75, 3.05) is 12.4 Å². The van der Waals surface area contributed by atoms with Gasteiger partial charge in [-0.2, -0.15) is 0 Å². The van der Waals surface area contributed by atoms with Gasteiger partial charge in [-0.05, 0) is 49.2 Å². The number of sulfonamides is 1. The van der Waals surface area contributed by atoms with E-state index < -0.39 is 15.9 Å². The highest BCUT2D eigenvalue weighted by molar-refractivity contribution is 7.89. The van der Waals surface area contributed by atoms with Crippen LogP contribution in [-0.2, 0) is 10.0 Å². The second-order valence-electron chi connectivity index (χ2n) is 5.73. The number of carbonyl (C=O) groups excluding carboxylic acids is 1. The van der Waals surface area contributed by atoms with Crippen LogP contribution in [0.4, 0.5) is 5.69 Å². The molecular formula is C17H17ClN2O4S. The van der Waals surface area contributed by atoms with Crippen LogP contribution in [0.25, 0.3) is 0 Å². The molecule has 25 heavy (non-hydrogen) atoms. The molecule has 0 saturated heterocycles. The summed E-state index contributed by atoms with van der Waals surface area (Å²) in [6.45, 7) is 0. The van der Waals surface area contributed by atoms with E-state index >= 15 is 0 Å². The molecule has 0 heterocycles. The lowest BCUT2D eigenvalue weighted by molar-refractivity contribution is 0.102. The van der Waals surface area contributed by atoms with Gasteiger partial charge in [0.05, 0.1) is 7.11 Å². The van der Waals surface area contributed by atoms with Gasteiger partial charge in [-0.25, -0.2) is 13.1 Å². The molecule has 1 amide bonds. The van der Waals surface area contributed by atoms with E-state index in [0.29, 0.717) is 10.7 Å². The lowest BCUT2D eigenvalue weighted by Gasteiger charge is -2.12. The van der Waals surface area contributed by atoms with Crippen LogP contribution >= 0.6 is 11.6 Å². The van der Waals surface area contributed by atoms with Crippen molar-refractivity contribution in [3.05, 3.63) is 53.1 Å². The second-order valence-corrected chi connectivity index (χ2v) is 7.84. The number of anilines is 1. The van der Waals surface area contributed by atoms with Crippen LogP contribution in [0, 0.1) is 0 Å². The highest BCUT2D eigenvalue weighted by atomic mass is 35.5. The lowest BCUT2D eigenvalue weighted by atomic mass is 10.2. The average Bonchev–Trinajstić information content (AvgIpc) is 3.37. The zero-order valence-corrected chi connectivity index (χ0v) is 15.0. The molecule has 2 aromatic carbocycles. The first-order valence-corrected chi connectivity index (χ1v) is 9.52. The zero-order chi connectivity index (χ0) is 18.0. The van der Waals surface area contributed by atoms with Gasteiger partial charge in [-0.1, -0.05) is 17.7 Å². The summed E-state index contributed by atoms with van der Waals surface area (Å²) in [6.07, 6.45) is 1.63. The van der Waals surface area contributed by atoms with Crippen LogP contribution in [0.5, 0.6) is 5.75 Å². The molecular weight excluding hydrogens is 364 g/mol. The van der Waals surface area contributed by atoms with Crippen molar-refractivity contribution in [3.63, 3.8) is 0 Å². The third-order valence-corrected chi connectivity index (χ3v) is 5.47. The van der Waals surface area contributed by atoms with Crippen LogP contribution in [0.1, 0.15) is 23.2 Å². The van der Waals surface area contributed by atoms with Gasteiger partial charge in [0.15, 0.2) is 0 Å². The maximum absolute atomic E-state index is 12.5. The van der Waals surface area contributed by atoms with Crippen LogP contribution < -0.4 is 14.8 Å². The second kappa shape index (κ2) is 7.03. The molecule has 0 spiro atoms. The Morgan fingerprint density at radius 1 is 1.20 bits per heavy atom. The largest absolute Gasteiger partial charge is 0.495 e. The number of amides is 1. The quantitative estimate of drug-likeness (QED) is 0.806. The van der Waals surface area contributed by atoms with E-state index in [1.165, 1.54) is 25.3 Å². The summed E-state index contributed by atoms with van der Waals surface area (Å²) in [5, 5.41) is 3.18. The molecule has 3 rings (SSSR count). The minimum atomic E-state index is -3.75. The topological polar surface area (TPSA) is 84.5 Å². The lowest BCUT2D eigenvalue weighted by Crippen LogP contribution is -2.26. The van der Waals surface area contributed by atoms with Gasteiger partial charge in [0.1, 0.15) is 10.6 Å². The maximum atomic E-state index is 12.5. The van der Waals surface area contributed by atoms with Gasteiger partial charge in [0.2, 0.25) is 10.0 Å². The molecule has 8 heteroatoms. The van der Waals surface area contributed by atoms with E-state index in [2.05, 4.69) is 10.0 Å². The van der Waals surface area contributed by atoms with Gasteiger partial charge in [-0.15, -0.1) is 0 Å². The Hall–Kier alpha value is -2.09. The smallest absolute Gasteiger partial charge is 0.255 e. The fourth-order valence-corrected chi connectivity index (χ4v) is 3.97. The first kappa shape index (κ1) is 17.7. The standard InChI is InChI=1S/C17H17ClN2O4S/c1-24-15-8-5-11(9-16(15)25(22,23)20-13-6-7-13)17(21)19-14-4-2-3-12(18)10-14/h2-5,8-10,13,20H,6-7H2,1H3,(H,19,21). The van der Waals surface area contributed by atoms with Crippen molar-refractivity contribution in [1.82, 2.24) is 4.72 Å². The summed E-state index contributed by atoms with van der Waals surface area (Å²) in [4.78, 5) is 12.4. The Bertz CT molecular complexity index is 911. The van der Waals surface area contributed by atoms with Gasteiger partial charge in [0, 0.05) is 22.3 Å². The molecule has 0 aromatic heterocycles. The summed E-state index contributed by atoms with van der Waals surface area (Å²) < 4.78 is 32.7. The monoisotopic (exact) mass is 380 g/mol. The molecule has 1 saturated carbocycles. The highest BCUT2D eigenvalue weighted by Crippen LogP contribution is 2.28. The van der Waals surface area contributed by atoms with E-state index in [1.807, 2.05) is 0 Å². The molecule has 132 valence electrons. The molecule has 1 aliphatic carbocycles. The highest BCUT2D eigenvalue weighted by Gasteiger charge is 2.30. The first-order valence-electron chi connectivity index (χ1n) is 7.66. The van der Waals surface area contributed by atoms with Gasteiger partial charge in [0.25, 0.3) is 5.91 Å². The molecule has 0 bridgehead atoms. The molecule has 0 aliphatic heterocycles. The van der Waals surface area contributed by atoms with Crippen molar-refractivity contribution < 1.29 is 17.9 Å². The molecule has 0 atom stereocenters. The summed E-state index contributed by atoms with van der Waals surface area (Å²) in [7, 11) is -2.37. The van der Waals surface area contributed by atoms with Crippen molar-refractivity contribution >= 4 is 33.2 Å². The molecule has 1 aliphatic rings. The third-order valence-electron chi connectivity index (χ3n) is 3.70. The fraction of sp³-hybridized carbons (Fsp3) is 0.235. The van der Waals surface area contributed by atoms with E-state index in [0.717, 1.165) is 12.8 Å². The average molecular weight is 381 g/mol. The van der Waals surface area contributed by atoms with Crippen molar-refractivity contribution in [2.45, 2.75) is 23.8 Å². The number of methoxy groups -OCH3 is 1. The van der Waals surface area contributed by atoms with Crippen LogP contribution in [0.3, 0.4) is 0 Å². The van der Waals surface area contributed by atoms with E-state index in [4.69, 9.17) is 16.3 Å². The van der Waals surface area contributed by atoms with Crippen LogP contribution in [0.15, 0.2) is 47.4 Å². The summed E-state index contributed by atoms with van der Waals surface area (Å²) in [5.74, 6) is -0.250. The van der Waals surface area contributed by atoms with Crippen LogP contribution in [-0.4, -0.2) is 27.5 Å². The van der Waals surface area contributed by atoms with E-state index in [-0.39, 0.29) is 22.3 Å². The van der Waals surface area contributed by atoms with E-state index in [9.17, 15) is 13.2 Å². The van der Waals surface area contributed by atoms with Gasteiger partial charge >= 0.3 is 0 Å². The van der Waals surface area contributed by atoms with E-state index in [1.54, 1.807) is 24.3 Å². The summed E-state index contributed by atoms with van der Waals surface area (Å²) in [5.41, 5.74) is 0.728. The van der Waals surface area contributed by atoms with Crippen molar-refractivity contribution in [2.24, 2.45) is 0 Å². The number of rotatable bonds is 6. The normalized spacial score (nSPS) is 14.2. The number of carbonyl (C=O) groups is 1. The van der Waals surface area contributed by atoms with Gasteiger partial charge < -0.3 is 10.1 Å². The predicted molar refractivity (Wildman–Crippen MR) is 95.7 cm³/mol. The fourth-order valence-electron chi connectivity index (χ4n) is 2.28. The number of ether oxygens (including phenoxy) is 1. The predicted octanol–water partition coefficient (Wildman–Crippen LogP) is 3.04. The number of benzene rings is 2. The minimum Gasteiger partial charge on any atom is -0.495 e. The molecule has 6 nitrogen and oxygen atoms in total. The maximum Gasteiger partial charge on any atom is 0.255 e. The Balaban J connectivity index is 1.89. The summed E-state index contributed by atoms with van der Waals surface area (Å²) >= 11 is 5.90. The molecule has 0 radical (unpaired) electrons. The molecule has 2 aromatic rings. The van der Waals surface area contributed by atoms with Gasteiger partial charge in [-0.3, -0.25) is 4.79 Å². The number of hydrogen-bond acceptors (Lipinski definition) is 4. The molecule has 2 N–H and O–H groups in total. The molecule has 1 fully saturated rings. The number of halogens is 1. The SMILES string of the molecule is COc1ccc(C(=O)Nc2cccc(Cl)c2)cc1S(=O)(=O)NC1CC1. The van der Waals surface area contributed by atoms with Crippen LogP contribution in [0.2, 0.25) is 5.02 Å². The first-order chi connectivity index (χ1) is 11.9. The number of hydrogen-bond donors (Lipinski definition) is 2. The minimum absolute atomic E-state index is 0.0429. The van der Waals surface area contributed by atoms with Crippen molar-refractivity contribution in [1.29, 1.82) is 0 Å². The number of nitrogens with one attached hydrogen (secondary N) is 2.